The van der Waals surface area contributed by atoms with Gasteiger partial charge in [0, 0.05) is 6.54 Å². The van der Waals surface area contributed by atoms with Crippen LogP contribution in [0.3, 0.4) is 0 Å². The maximum absolute atomic E-state index is 13.1. The Bertz CT molecular complexity index is 398. The first-order valence-electron chi connectivity index (χ1n) is 4.62. The fourth-order valence-corrected chi connectivity index (χ4v) is 1.51. The maximum Gasteiger partial charge on any atom is 0.153 e. The molecule has 0 atom stereocenters. The molecule has 0 amide bonds. The van der Waals surface area contributed by atoms with Crippen LogP contribution in [-0.4, -0.2) is 29.5 Å². The van der Waals surface area contributed by atoms with Gasteiger partial charge in [0.2, 0.25) is 0 Å². The van der Waals surface area contributed by atoms with Gasteiger partial charge in [0.05, 0.1) is 11.6 Å². The van der Waals surface area contributed by atoms with E-state index in [2.05, 4.69) is 5.16 Å². The van der Waals surface area contributed by atoms with Crippen LogP contribution in [-0.2, 0) is 6.54 Å². The van der Waals surface area contributed by atoms with Crippen LogP contribution < -0.4 is 5.73 Å². The third-order valence-corrected chi connectivity index (χ3v) is 2.46. The highest BCUT2D eigenvalue weighted by Gasteiger charge is 2.09. The molecule has 0 aliphatic heterocycles. The zero-order valence-electron chi connectivity index (χ0n) is 8.82. The quantitative estimate of drug-likeness (QED) is 0.367. The number of likely N-dealkylation sites (N-methyl/N-ethyl adjacent to an activating group) is 1. The smallest absolute Gasteiger partial charge is 0.153 e. The van der Waals surface area contributed by atoms with Gasteiger partial charge in [-0.05, 0) is 18.7 Å². The highest BCUT2D eigenvalue weighted by Crippen LogP contribution is 2.20. The van der Waals surface area contributed by atoms with Gasteiger partial charge in [-0.15, -0.1) is 0 Å². The molecule has 0 spiro atoms. The molecule has 1 aromatic carbocycles. The van der Waals surface area contributed by atoms with Gasteiger partial charge in [-0.25, -0.2) is 4.39 Å². The molecule has 0 radical (unpaired) electrons. The van der Waals surface area contributed by atoms with Gasteiger partial charge >= 0.3 is 0 Å². The molecule has 0 fully saturated rings. The average Bonchev–Trinajstić information content (AvgIpc) is 2.24. The van der Waals surface area contributed by atoms with E-state index in [1.165, 1.54) is 6.07 Å². The summed E-state index contributed by atoms with van der Waals surface area (Å²) in [4.78, 5) is 1.76. The zero-order chi connectivity index (χ0) is 12.1. The number of hydrogen-bond acceptors (Lipinski definition) is 3. The molecule has 1 rings (SSSR count). The first kappa shape index (κ1) is 12.7. The topological polar surface area (TPSA) is 61.8 Å². The maximum atomic E-state index is 13.1. The molecule has 0 aliphatic carbocycles. The number of nitrogens with two attached hydrogens (primary N) is 1. The van der Waals surface area contributed by atoms with Gasteiger partial charge in [-0.2, -0.15) is 0 Å². The minimum atomic E-state index is -0.448. The second-order valence-electron chi connectivity index (χ2n) is 3.48. The van der Waals surface area contributed by atoms with E-state index in [0.29, 0.717) is 12.1 Å². The second kappa shape index (κ2) is 5.67. The molecule has 16 heavy (non-hydrogen) atoms. The standard InChI is InChI=1S/C10H13ClFN3O/c1-15(6-9(13)14-16)5-7-3-2-4-8(12)10(7)11/h2-4,16H,5-6H2,1H3,(H2,13,14). The first-order chi connectivity index (χ1) is 7.54. The van der Waals surface area contributed by atoms with E-state index in [-0.39, 0.29) is 17.4 Å². The summed E-state index contributed by atoms with van der Waals surface area (Å²) in [7, 11) is 1.76. The Hall–Kier alpha value is -1.33. The van der Waals surface area contributed by atoms with Crippen molar-refractivity contribution in [3.63, 3.8) is 0 Å². The Morgan fingerprint density at radius 3 is 2.94 bits per heavy atom. The van der Waals surface area contributed by atoms with Crippen LogP contribution in [0.2, 0.25) is 5.02 Å². The summed E-state index contributed by atoms with van der Waals surface area (Å²) in [5.74, 6) is -0.355. The van der Waals surface area contributed by atoms with Gasteiger partial charge in [0.15, 0.2) is 5.84 Å². The van der Waals surface area contributed by atoms with Gasteiger partial charge in [0.25, 0.3) is 0 Å². The van der Waals surface area contributed by atoms with E-state index in [0.717, 1.165) is 0 Å². The van der Waals surface area contributed by atoms with Gasteiger partial charge in [-0.3, -0.25) is 4.90 Å². The summed E-state index contributed by atoms with van der Waals surface area (Å²) in [6.07, 6.45) is 0. The van der Waals surface area contributed by atoms with Crippen LogP contribution >= 0.6 is 11.6 Å². The van der Waals surface area contributed by atoms with Crippen LogP contribution in [0.5, 0.6) is 0 Å². The molecular weight excluding hydrogens is 233 g/mol. The van der Waals surface area contributed by atoms with Crippen molar-refractivity contribution in [3.05, 3.63) is 34.6 Å². The van der Waals surface area contributed by atoms with Crippen molar-refractivity contribution in [3.8, 4) is 0 Å². The lowest BCUT2D eigenvalue weighted by Crippen LogP contribution is -2.30. The van der Waals surface area contributed by atoms with E-state index < -0.39 is 5.82 Å². The van der Waals surface area contributed by atoms with Crippen molar-refractivity contribution in [2.24, 2.45) is 10.9 Å². The Morgan fingerprint density at radius 2 is 2.31 bits per heavy atom. The predicted octanol–water partition coefficient (Wildman–Crippen LogP) is 1.66. The number of benzene rings is 1. The molecule has 4 nitrogen and oxygen atoms in total. The van der Waals surface area contributed by atoms with Crippen LogP contribution in [0.15, 0.2) is 23.4 Å². The lowest BCUT2D eigenvalue weighted by Gasteiger charge is -2.16. The number of nitrogens with zero attached hydrogens (tertiary/aromatic N) is 2. The molecule has 0 bridgehead atoms. The number of hydrogen-bond donors (Lipinski definition) is 2. The van der Waals surface area contributed by atoms with Crippen molar-refractivity contribution in [1.82, 2.24) is 4.90 Å². The SMILES string of the molecule is CN(C/C(N)=N/O)Cc1cccc(F)c1Cl. The Balaban J connectivity index is 2.70. The van der Waals surface area contributed by atoms with E-state index in [1.54, 1.807) is 24.1 Å². The molecule has 0 aromatic heterocycles. The highest BCUT2D eigenvalue weighted by molar-refractivity contribution is 6.31. The molecule has 3 N–H and O–H groups in total. The third-order valence-electron chi connectivity index (χ3n) is 2.03. The van der Waals surface area contributed by atoms with Crippen LogP contribution in [0.4, 0.5) is 4.39 Å². The van der Waals surface area contributed by atoms with Gasteiger partial charge < -0.3 is 10.9 Å². The summed E-state index contributed by atoms with van der Waals surface area (Å²) < 4.78 is 13.1. The number of halogens is 2. The summed E-state index contributed by atoms with van der Waals surface area (Å²) >= 11 is 5.80. The van der Waals surface area contributed by atoms with Crippen molar-refractivity contribution >= 4 is 17.4 Å². The Morgan fingerprint density at radius 1 is 1.62 bits per heavy atom. The molecule has 0 heterocycles. The average molecular weight is 246 g/mol. The summed E-state index contributed by atoms with van der Waals surface area (Å²) in [6.45, 7) is 0.705. The molecule has 1 aromatic rings. The monoisotopic (exact) mass is 245 g/mol. The molecule has 6 heteroatoms. The summed E-state index contributed by atoms with van der Waals surface area (Å²) in [5.41, 5.74) is 6.01. The van der Waals surface area contributed by atoms with E-state index in [9.17, 15) is 4.39 Å². The van der Waals surface area contributed by atoms with Crippen molar-refractivity contribution in [2.45, 2.75) is 6.54 Å². The summed E-state index contributed by atoms with van der Waals surface area (Å²) in [5, 5.41) is 11.4. The van der Waals surface area contributed by atoms with E-state index in [1.807, 2.05) is 0 Å². The van der Waals surface area contributed by atoms with Gasteiger partial charge in [-0.1, -0.05) is 28.9 Å². The Kier molecular flexibility index (Phi) is 4.52. The molecule has 0 unspecified atom stereocenters. The van der Waals surface area contributed by atoms with Crippen LogP contribution in [0.25, 0.3) is 0 Å². The zero-order valence-corrected chi connectivity index (χ0v) is 9.58. The molecule has 0 saturated carbocycles. The first-order valence-corrected chi connectivity index (χ1v) is 5.00. The summed E-state index contributed by atoms with van der Waals surface area (Å²) in [6, 6.07) is 4.62. The van der Waals surface area contributed by atoms with Crippen LogP contribution in [0.1, 0.15) is 5.56 Å². The minimum absolute atomic E-state index is 0.0926. The number of rotatable bonds is 4. The van der Waals surface area contributed by atoms with Crippen molar-refractivity contribution < 1.29 is 9.60 Å². The van der Waals surface area contributed by atoms with E-state index in [4.69, 9.17) is 22.5 Å². The second-order valence-corrected chi connectivity index (χ2v) is 3.85. The predicted molar refractivity (Wildman–Crippen MR) is 61.2 cm³/mol. The third kappa shape index (κ3) is 3.36. The minimum Gasteiger partial charge on any atom is -0.409 e. The Labute approximate surface area is 98.1 Å². The lowest BCUT2D eigenvalue weighted by molar-refractivity contribution is 0.308. The van der Waals surface area contributed by atoms with Crippen molar-refractivity contribution in [1.29, 1.82) is 0 Å². The molecule has 0 saturated heterocycles. The molecule has 0 aliphatic rings. The number of oxime groups is 1. The van der Waals surface area contributed by atoms with E-state index >= 15 is 0 Å². The fraction of sp³-hybridized carbons (Fsp3) is 0.300. The molecular formula is C10H13ClFN3O. The van der Waals surface area contributed by atoms with Crippen molar-refractivity contribution in [2.75, 3.05) is 13.6 Å². The number of amidine groups is 1. The van der Waals surface area contributed by atoms with Gasteiger partial charge in [0.1, 0.15) is 5.82 Å². The highest BCUT2D eigenvalue weighted by atomic mass is 35.5. The largest absolute Gasteiger partial charge is 0.409 e. The fourth-order valence-electron chi connectivity index (χ4n) is 1.33. The normalized spacial score (nSPS) is 12.1. The molecule has 88 valence electrons. The lowest BCUT2D eigenvalue weighted by atomic mass is 10.2. The van der Waals surface area contributed by atoms with Crippen LogP contribution in [0, 0.1) is 5.82 Å².